The zero-order chi connectivity index (χ0) is 13.3. The summed E-state index contributed by atoms with van der Waals surface area (Å²) in [4.78, 5) is 12.0. The topological polar surface area (TPSA) is 17.1 Å². The highest BCUT2D eigenvalue weighted by molar-refractivity contribution is 5.79. The molecule has 0 spiro atoms. The monoisotopic (exact) mass is 248 g/mol. The van der Waals surface area contributed by atoms with Gasteiger partial charge in [0.25, 0.3) is 0 Å². The van der Waals surface area contributed by atoms with Crippen LogP contribution in [0.25, 0.3) is 0 Å². The summed E-state index contributed by atoms with van der Waals surface area (Å²) in [6.07, 6.45) is 6.44. The van der Waals surface area contributed by atoms with Crippen molar-refractivity contribution >= 4 is 5.78 Å². The molecule has 3 aliphatic carbocycles. The molecule has 1 nitrogen and oxygen atoms in total. The zero-order valence-electron chi connectivity index (χ0n) is 12.7. The average molecular weight is 248 g/mol. The van der Waals surface area contributed by atoms with Crippen molar-refractivity contribution in [3.8, 4) is 0 Å². The third-order valence-electron chi connectivity index (χ3n) is 7.55. The van der Waals surface area contributed by atoms with Crippen LogP contribution in [-0.4, -0.2) is 5.78 Å². The minimum atomic E-state index is 0.288. The van der Waals surface area contributed by atoms with E-state index in [2.05, 4.69) is 27.7 Å². The van der Waals surface area contributed by atoms with Crippen LogP contribution in [0.4, 0.5) is 0 Å². The van der Waals surface area contributed by atoms with E-state index >= 15 is 0 Å². The second kappa shape index (κ2) is 3.41. The summed E-state index contributed by atoms with van der Waals surface area (Å²) >= 11 is 0. The molecule has 5 atom stereocenters. The highest BCUT2D eigenvalue weighted by atomic mass is 16.1. The van der Waals surface area contributed by atoms with E-state index in [4.69, 9.17) is 0 Å². The molecule has 0 saturated heterocycles. The van der Waals surface area contributed by atoms with Gasteiger partial charge in [0.2, 0.25) is 0 Å². The third-order valence-corrected chi connectivity index (χ3v) is 7.55. The number of carbonyl (C=O) groups is 1. The van der Waals surface area contributed by atoms with Crippen LogP contribution >= 0.6 is 0 Å². The Hall–Kier alpha value is -0.330. The van der Waals surface area contributed by atoms with Gasteiger partial charge in [-0.15, -0.1) is 0 Å². The number of rotatable bonds is 1. The van der Waals surface area contributed by atoms with E-state index in [0.29, 0.717) is 22.5 Å². The molecule has 0 aromatic rings. The van der Waals surface area contributed by atoms with Crippen molar-refractivity contribution in [2.75, 3.05) is 0 Å². The Labute approximate surface area is 112 Å². The van der Waals surface area contributed by atoms with Gasteiger partial charge in [0.05, 0.1) is 0 Å². The molecule has 0 bridgehead atoms. The molecule has 0 aromatic heterocycles. The first-order valence-electron chi connectivity index (χ1n) is 7.73. The van der Waals surface area contributed by atoms with Crippen molar-refractivity contribution < 1.29 is 4.79 Å². The summed E-state index contributed by atoms with van der Waals surface area (Å²) in [5.41, 5.74) is 1.28. The summed E-state index contributed by atoms with van der Waals surface area (Å²) in [7, 11) is 0. The van der Waals surface area contributed by atoms with Gasteiger partial charge >= 0.3 is 0 Å². The Morgan fingerprint density at radius 1 is 0.944 bits per heavy atom. The second-order valence-corrected chi connectivity index (χ2v) is 8.48. The van der Waals surface area contributed by atoms with Gasteiger partial charge in [-0.05, 0) is 67.1 Å². The van der Waals surface area contributed by atoms with Crippen LogP contribution in [0.1, 0.15) is 66.7 Å². The molecule has 18 heavy (non-hydrogen) atoms. The third kappa shape index (κ3) is 1.26. The molecule has 3 rings (SSSR count). The minimum Gasteiger partial charge on any atom is -0.300 e. The first-order valence-corrected chi connectivity index (χ1v) is 7.73. The zero-order valence-corrected chi connectivity index (χ0v) is 12.7. The molecule has 102 valence electrons. The van der Waals surface area contributed by atoms with Crippen molar-refractivity contribution in [1.29, 1.82) is 0 Å². The van der Waals surface area contributed by atoms with Crippen LogP contribution < -0.4 is 0 Å². The van der Waals surface area contributed by atoms with E-state index in [-0.39, 0.29) is 5.41 Å². The largest absolute Gasteiger partial charge is 0.300 e. The number of hydrogen-bond donors (Lipinski definition) is 0. The van der Waals surface area contributed by atoms with Crippen LogP contribution in [0.5, 0.6) is 0 Å². The molecule has 3 saturated carbocycles. The van der Waals surface area contributed by atoms with Crippen LogP contribution in [0.3, 0.4) is 0 Å². The van der Waals surface area contributed by atoms with E-state index in [9.17, 15) is 4.79 Å². The molecule has 3 aliphatic rings. The van der Waals surface area contributed by atoms with Crippen molar-refractivity contribution in [1.82, 2.24) is 0 Å². The molecule has 1 heteroatoms. The lowest BCUT2D eigenvalue weighted by Crippen LogP contribution is -2.59. The SMILES string of the molecule is CC(=O)C1CCC2(C)C3CC(C)(C)C3CCC12C. The standard InChI is InChI=1S/C17H28O/c1-11(18)12-6-8-17(5)14-10-15(2,3)13(14)7-9-16(12,17)4/h12-14H,6-10H2,1-5H3. The molecule has 0 aliphatic heterocycles. The maximum absolute atomic E-state index is 12.0. The predicted octanol–water partition coefficient (Wildman–Crippen LogP) is 4.45. The summed E-state index contributed by atoms with van der Waals surface area (Å²) < 4.78 is 0. The summed E-state index contributed by atoms with van der Waals surface area (Å²) in [5.74, 6) is 2.59. The van der Waals surface area contributed by atoms with Gasteiger partial charge in [-0.25, -0.2) is 0 Å². The van der Waals surface area contributed by atoms with Gasteiger partial charge in [0.1, 0.15) is 5.78 Å². The van der Waals surface area contributed by atoms with Gasteiger partial charge in [-0.2, -0.15) is 0 Å². The Balaban J connectivity index is 1.95. The quantitative estimate of drug-likeness (QED) is 0.670. The van der Waals surface area contributed by atoms with Crippen molar-refractivity contribution in [3.63, 3.8) is 0 Å². The Bertz CT molecular complexity index is 396. The summed E-state index contributed by atoms with van der Waals surface area (Å²) in [6, 6.07) is 0. The van der Waals surface area contributed by atoms with Gasteiger partial charge in [0, 0.05) is 5.92 Å². The lowest BCUT2D eigenvalue weighted by molar-refractivity contribution is -0.177. The fourth-order valence-corrected chi connectivity index (χ4v) is 6.13. The molecule has 0 radical (unpaired) electrons. The normalized spacial score (nSPS) is 53.3. The van der Waals surface area contributed by atoms with E-state index < -0.39 is 0 Å². The molecule has 3 fully saturated rings. The molecule has 0 N–H and O–H groups in total. The fourth-order valence-electron chi connectivity index (χ4n) is 6.13. The van der Waals surface area contributed by atoms with E-state index in [1.165, 1.54) is 25.7 Å². The van der Waals surface area contributed by atoms with Crippen LogP contribution in [0.15, 0.2) is 0 Å². The average Bonchev–Trinajstić information content (AvgIpc) is 2.50. The maximum Gasteiger partial charge on any atom is 0.133 e. The number of Topliss-reactive ketones (excluding diaryl/α,β-unsaturated/α-hetero) is 1. The highest BCUT2D eigenvalue weighted by Crippen LogP contribution is 2.74. The molecule has 0 amide bonds. The van der Waals surface area contributed by atoms with E-state index in [1.54, 1.807) is 0 Å². The molecule has 5 unspecified atom stereocenters. The number of ketones is 1. The molecular formula is C17H28O. The number of hydrogen-bond acceptors (Lipinski definition) is 1. The predicted molar refractivity (Wildman–Crippen MR) is 74.2 cm³/mol. The fraction of sp³-hybridized carbons (Fsp3) is 0.941. The molecule has 0 heterocycles. The summed E-state index contributed by atoms with van der Waals surface area (Å²) in [5, 5.41) is 0. The van der Waals surface area contributed by atoms with Crippen LogP contribution in [0.2, 0.25) is 0 Å². The van der Waals surface area contributed by atoms with Crippen LogP contribution in [0, 0.1) is 34.0 Å². The number of carbonyl (C=O) groups excluding carboxylic acids is 1. The maximum atomic E-state index is 12.0. The first-order chi connectivity index (χ1) is 8.22. The Morgan fingerprint density at radius 2 is 1.56 bits per heavy atom. The molecule has 0 aromatic carbocycles. The smallest absolute Gasteiger partial charge is 0.133 e. The first kappa shape index (κ1) is 12.7. The lowest BCUT2D eigenvalue weighted by atomic mass is 9.38. The summed E-state index contributed by atoms with van der Waals surface area (Å²) in [6.45, 7) is 11.6. The number of fused-ring (bicyclic) bond motifs is 3. The Morgan fingerprint density at radius 3 is 2.11 bits per heavy atom. The van der Waals surface area contributed by atoms with E-state index in [1.807, 2.05) is 6.92 Å². The second-order valence-electron chi connectivity index (χ2n) is 8.48. The lowest BCUT2D eigenvalue weighted by Gasteiger charge is -2.66. The van der Waals surface area contributed by atoms with E-state index in [0.717, 1.165) is 18.3 Å². The van der Waals surface area contributed by atoms with Crippen molar-refractivity contribution in [3.05, 3.63) is 0 Å². The minimum absolute atomic E-state index is 0.288. The Kier molecular flexibility index (Phi) is 2.40. The van der Waals surface area contributed by atoms with Crippen molar-refractivity contribution in [2.24, 2.45) is 34.0 Å². The van der Waals surface area contributed by atoms with Gasteiger partial charge in [-0.3, -0.25) is 4.79 Å². The van der Waals surface area contributed by atoms with Gasteiger partial charge in [-0.1, -0.05) is 27.7 Å². The highest BCUT2D eigenvalue weighted by Gasteiger charge is 2.67. The van der Waals surface area contributed by atoms with Crippen LogP contribution in [-0.2, 0) is 4.79 Å². The van der Waals surface area contributed by atoms with Crippen molar-refractivity contribution in [2.45, 2.75) is 66.7 Å². The van der Waals surface area contributed by atoms with Gasteiger partial charge in [0.15, 0.2) is 0 Å². The molecular weight excluding hydrogens is 220 g/mol. The van der Waals surface area contributed by atoms with Gasteiger partial charge < -0.3 is 0 Å².